The number of nitrogens with one attached hydrogen (secondary N) is 1. The van der Waals surface area contributed by atoms with Gasteiger partial charge in [-0.2, -0.15) is 0 Å². The highest BCUT2D eigenvalue weighted by atomic mass is 16.3. The topological polar surface area (TPSA) is 72.9 Å². The molecular formula is C26H41N3O3. The summed E-state index contributed by atoms with van der Waals surface area (Å²) in [5.41, 5.74) is 1.82. The van der Waals surface area contributed by atoms with E-state index in [2.05, 4.69) is 55.3 Å². The largest absolute Gasteiger partial charge is 0.390 e. The number of hydrogen-bond acceptors (Lipinski definition) is 4. The van der Waals surface area contributed by atoms with Crippen molar-refractivity contribution in [1.29, 1.82) is 0 Å². The molecule has 0 radical (unpaired) electrons. The Balaban J connectivity index is 1.72. The van der Waals surface area contributed by atoms with Crippen molar-refractivity contribution in [1.82, 2.24) is 15.1 Å². The SMILES string of the molecule is CCCCN1C(=O)C(C(O)C(C)C)NC(=O)C12CCN(Cc1ccc(C(C)C)cc1)CC2. The van der Waals surface area contributed by atoms with E-state index < -0.39 is 17.7 Å². The van der Waals surface area contributed by atoms with Crippen molar-refractivity contribution in [3.05, 3.63) is 35.4 Å². The number of rotatable bonds is 8. The molecule has 2 fully saturated rings. The van der Waals surface area contributed by atoms with Crippen LogP contribution in [0.2, 0.25) is 0 Å². The molecule has 3 rings (SSSR count). The van der Waals surface area contributed by atoms with E-state index in [1.165, 1.54) is 11.1 Å². The summed E-state index contributed by atoms with van der Waals surface area (Å²) in [6, 6.07) is 7.95. The molecule has 0 aromatic heterocycles. The molecule has 2 unspecified atom stereocenters. The maximum absolute atomic E-state index is 13.4. The van der Waals surface area contributed by atoms with Gasteiger partial charge in [0.05, 0.1) is 6.10 Å². The Hall–Kier alpha value is -1.92. The van der Waals surface area contributed by atoms with Crippen molar-refractivity contribution in [3.8, 4) is 0 Å². The van der Waals surface area contributed by atoms with Crippen LogP contribution in [-0.4, -0.2) is 64.0 Å². The molecule has 2 saturated heterocycles. The second-order valence-electron chi connectivity index (χ2n) is 10.2. The van der Waals surface area contributed by atoms with Gasteiger partial charge in [-0.05, 0) is 42.2 Å². The number of aliphatic hydroxyl groups is 1. The lowest BCUT2D eigenvalue weighted by Gasteiger charge is -2.52. The van der Waals surface area contributed by atoms with E-state index in [0.717, 1.165) is 32.5 Å². The van der Waals surface area contributed by atoms with Gasteiger partial charge in [0.2, 0.25) is 11.8 Å². The van der Waals surface area contributed by atoms with Crippen molar-refractivity contribution in [2.75, 3.05) is 19.6 Å². The molecule has 2 aliphatic rings. The quantitative estimate of drug-likeness (QED) is 0.647. The summed E-state index contributed by atoms with van der Waals surface area (Å²) in [6.45, 7) is 13.2. The van der Waals surface area contributed by atoms with Crippen molar-refractivity contribution in [2.24, 2.45) is 5.92 Å². The fraction of sp³-hybridized carbons (Fsp3) is 0.692. The van der Waals surface area contributed by atoms with Crippen molar-refractivity contribution in [3.63, 3.8) is 0 Å². The van der Waals surface area contributed by atoms with Gasteiger partial charge in [-0.15, -0.1) is 0 Å². The predicted molar refractivity (Wildman–Crippen MR) is 127 cm³/mol. The number of piperidine rings is 1. The Labute approximate surface area is 193 Å². The number of likely N-dealkylation sites (tertiary alicyclic amines) is 1. The minimum absolute atomic E-state index is 0.0983. The first kappa shape index (κ1) is 24.7. The van der Waals surface area contributed by atoms with E-state index in [1.807, 2.05) is 13.8 Å². The van der Waals surface area contributed by atoms with Crippen LogP contribution in [0.3, 0.4) is 0 Å². The molecule has 0 aliphatic carbocycles. The zero-order chi connectivity index (χ0) is 23.5. The summed E-state index contributed by atoms with van der Waals surface area (Å²) in [6.07, 6.45) is 2.20. The zero-order valence-electron chi connectivity index (χ0n) is 20.4. The van der Waals surface area contributed by atoms with E-state index >= 15 is 0 Å². The molecule has 0 bridgehead atoms. The van der Waals surface area contributed by atoms with Crippen LogP contribution in [0.25, 0.3) is 0 Å². The number of carbonyl (C=O) groups is 2. The van der Waals surface area contributed by atoms with Gasteiger partial charge in [-0.1, -0.05) is 65.3 Å². The number of piperazine rings is 1. The van der Waals surface area contributed by atoms with Gasteiger partial charge >= 0.3 is 0 Å². The third kappa shape index (κ3) is 5.01. The number of aliphatic hydroxyl groups excluding tert-OH is 1. The Bertz CT molecular complexity index is 782. The molecule has 2 heterocycles. The summed E-state index contributed by atoms with van der Waals surface area (Å²) in [5.74, 6) is 0.194. The molecule has 6 nitrogen and oxygen atoms in total. The summed E-state index contributed by atoms with van der Waals surface area (Å²) in [5, 5.41) is 13.5. The molecule has 2 amide bonds. The van der Waals surface area contributed by atoms with E-state index in [-0.39, 0.29) is 17.7 Å². The Morgan fingerprint density at radius 3 is 2.25 bits per heavy atom. The monoisotopic (exact) mass is 443 g/mol. The van der Waals surface area contributed by atoms with Gasteiger partial charge in [0, 0.05) is 26.2 Å². The van der Waals surface area contributed by atoms with Gasteiger partial charge in [0.15, 0.2) is 0 Å². The van der Waals surface area contributed by atoms with Crippen molar-refractivity contribution in [2.45, 2.75) is 90.4 Å². The van der Waals surface area contributed by atoms with Crippen LogP contribution in [0.4, 0.5) is 0 Å². The summed E-state index contributed by atoms with van der Waals surface area (Å²) < 4.78 is 0. The number of benzene rings is 1. The molecule has 2 N–H and O–H groups in total. The lowest BCUT2D eigenvalue weighted by molar-refractivity contribution is -0.165. The fourth-order valence-electron chi connectivity index (χ4n) is 4.94. The van der Waals surface area contributed by atoms with E-state index in [0.29, 0.717) is 25.3 Å². The minimum atomic E-state index is -0.873. The number of hydrogen-bond donors (Lipinski definition) is 2. The number of nitrogens with zero attached hydrogens (tertiary/aromatic N) is 2. The maximum atomic E-state index is 13.4. The average molecular weight is 444 g/mol. The Morgan fingerprint density at radius 1 is 1.09 bits per heavy atom. The fourth-order valence-corrected chi connectivity index (χ4v) is 4.94. The molecular weight excluding hydrogens is 402 g/mol. The third-order valence-corrected chi connectivity index (χ3v) is 7.25. The normalized spacial score (nSPS) is 22.6. The van der Waals surface area contributed by atoms with E-state index in [1.54, 1.807) is 4.90 Å². The standard InChI is InChI=1S/C26H41N3O3/c1-6-7-14-29-24(31)22(23(30)19(4)5)27-25(32)26(29)12-15-28(16-13-26)17-20-8-10-21(11-9-20)18(2)3/h8-11,18-19,22-23,30H,6-7,12-17H2,1-5H3,(H,27,32). The molecule has 1 spiro atoms. The number of amides is 2. The van der Waals surface area contributed by atoms with Gasteiger partial charge < -0.3 is 15.3 Å². The molecule has 178 valence electrons. The average Bonchev–Trinajstić information content (AvgIpc) is 2.77. The molecule has 1 aromatic rings. The van der Waals surface area contributed by atoms with E-state index in [4.69, 9.17) is 0 Å². The van der Waals surface area contributed by atoms with Crippen molar-refractivity contribution >= 4 is 11.8 Å². The van der Waals surface area contributed by atoms with Gasteiger partial charge in [-0.25, -0.2) is 0 Å². The van der Waals surface area contributed by atoms with Gasteiger partial charge in [-0.3, -0.25) is 14.5 Å². The van der Waals surface area contributed by atoms with Crippen LogP contribution in [-0.2, 0) is 16.1 Å². The predicted octanol–water partition coefficient (Wildman–Crippen LogP) is 3.29. The molecule has 0 saturated carbocycles. The van der Waals surface area contributed by atoms with E-state index in [9.17, 15) is 14.7 Å². The highest BCUT2D eigenvalue weighted by molar-refractivity contribution is 6.00. The smallest absolute Gasteiger partial charge is 0.248 e. The second-order valence-corrected chi connectivity index (χ2v) is 10.2. The van der Waals surface area contributed by atoms with Crippen molar-refractivity contribution < 1.29 is 14.7 Å². The molecule has 2 aliphatic heterocycles. The Kier molecular flexibility index (Phi) is 7.99. The van der Waals surface area contributed by atoms with Crippen LogP contribution < -0.4 is 5.32 Å². The Morgan fingerprint density at radius 2 is 1.72 bits per heavy atom. The summed E-state index contributed by atoms with van der Waals surface area (Å²) >= 11 is 0. The molecule has 1 aromatic carbocycles. The lowest BCUT2D eigenvalue weighted by Crippen LogP contribution is -2.74. The van der Waals surface area contributed by atoms with Gasteiger partial charge in [0.1, 0.15) is 11.6 Å². The first-order valence-corrected chi connectivity index (χ1v) is 12.3. The maximum Gasteiger partial charge on any atom is 0.248 e. The van der Waals surface area contributed by atoms with Crippen LogP contribution in [0.1, 0.15) is 77.3 Å². The number of unbranched alkanes of at least 4 members (excludes halogenated alkanes) is 1. The van der Waals surface area contributed by atoms with Crippen LogP contribution in [0, 0.1) is 5.92 Å². The molecule has 32 heavy (non-hydrogen) atoms. The zero-order valence-corrected chi connectivity index (χ0v) is 20.4. The first-order valence-electron chi connectivity index (χ1n) is 12.3. The molecule has 6 heteroatoms. The summed E-state index contributed by atoms with van der Waals surface area (Å²) in [4.78, 5) is 30.9. The number of carbonyl (C=O) groups excluding carboxylic acids is 2. The second kappa shape index (κ2) is 10.3. The minimum Gasteiger partial charge on any atom is -0.390 e. The van der Waals surface area contributed by atoms with Crippen LogP contribution in [0.15, 0.2) is 24.3 Å². The van der Waals surface area contributed by atoms with Crippen LogP contribution >= 0.6 is 0 Å². The third-order valence-electron chi connectivity index (χ3n) is 7.25. The van der Waals surface area contributed by atoms with Gasteiger partial charge in [0.25, 0.3) is 0 Å². The summed E-state index contributed by atoms with van der Waals surface area (Å²) in [7, 11) is 0. The molecule has 2 atom stereocenters. The first-order chi connectivity index (χ1) is 15.2. The highest BCUT2D eigenvalue weighted by Gasteiger charge is 2.54. The highest BCUT2D eigenvalue weighted by Crippen LogP contribution is 2.34. The van der Waals surface area contributed by atoms with Crippen LogP contribution in [0.5, 0.6) is 0 Å². The lowest BCUT2D eigenvalue weighted by atomic mass is 9.80.